The molecular formula is C20H29N3O3. The van der Waals surface area contributed by atoms with E-state index in [-0.39, 0.29) is 18.4 Å². The van der Waals surface area contributed by atoms with Gasteiger partial charge in [0.2, 0.25) is 5.91 Å². The van der Waals surface area contributed by atoms with Gasteiger partial charge in [0.25, 0.3) is 5.91 Å². The van der Waals surface area contributed by atoms with E-state index in [1.165, 1.54) is 0 Å². The molecule has 1 aromatic rings. The zero-order chi connectivity index (χ0) is 18.6. The maximum Gasteiger partial charge on any atom is 0.260 e. The van der Waals surface area contributed by atoms with Crippen LogP contribution in [0.4, 0.5) is 0 Å². The zero-order valence-electron chi connectivity index (χ0n) is 15.7. The molecule has 6 heteroatoms. The molecule has 2 amide bonds. The number of piperidine rings is 1. The molecular weight excluding hydrogens is 330 g/mol. The van der Waals surface area contributed by atoms with Gasteiger partial charge in [-0.05, 0) is 30.9 Å². The van der Waals surface area contributed by atoms with Crippen LogP contribution in [0.2, 0.25) is 0 Å². The Bertz CT molecular complexity index is 624. The molecule has 6 nitrogen and oxygen atoms in total. The summed E-state index contributed by atoms with van der Waals surface area (Å²) in [5.41, 5.74) is -0.459. The van der Waals surface area contributed by atoms with Gasteiger partial charge in [0.1, 0.15) is 11.3 Å². The first-order valence-electron chi connectivity index (χ1n) is 9.50. The van der Waals surface area contributed by atoms with Gasteiger partial charge in [-0.15, -0.1) is 0 Å². The molecule has 0 aromatic heterocycles. The second-order valence-corrected chi connectivity index (χ2v) is 7.61. The molecule has 2 heterocycles. The van der Waals surface area contributed by atoms with Crippen LogP contribution < -0.4 is 10.1 Å². The highest BCUT2D eigenvalue weighted by atomic mass is 16.5. The summed E-state index contributed by atoms with van der Waals surface area (Å²) in [4.78, 5) is 29.3. The molecule has 0 bridgehead atoms. The number of likely N-dealkylation sites (tertiary alicyclic amines) is 1. The predicted molar refractivity (Wildman–Crippen MR) is 99.9 cm³/mol. The Kier molecular flexibility index (Phi) is 5.81. The van der Waals surface area contributed by atoms with Crippen LogP contribution in [0.15, 0.2) is 30.3 Å². The SMILES string of the molecule is CC(C)CN1CCNC(=O)C12CCN(C(=O)COc1ccccc1)CC2. The van der Waals surface area contributed by atoms with Gasteiger partial charge in [-0.3, -0.25) is 14.5 Å². The second-order valence-electron chi connectivity index (χ2n) is 7.61. The molecule has 0 unspecified atom stereocenters. The molecule has 2 aliphatic heterocycles. The number of para-hydroxylation sites is 1. The number of rotatable bonds is 5. The molecule has 142 valence electrons. The lowest BCUT2D eigenvalue weighted by molar-refractivity contribution is -0.147. The third kappa shape index (κ3) is 4.01. The summed E-state index contributed by atoms with van der Waals surface area (Å²) in [6, 6.07) is 9.37. The van der Waals surface area contributed by atoms with Crippen LogP contribution in [-0.4, -0.2) is 66.5 Å². The minimum Gasteiger partial charge on any atom is -0.484 e. The van der Waals surface area contributed by atoms with Crippen molar-refractivity contribution in [1.29, 1.82) is 0 Å². The maximum absolute atomic E-state index is 12.7. The summed E-state index contributed by atoms with van der Waals surface area (Å²) in [5.74, 6) is 1.31. The molecule has 1 spiro atoms. The Morgan fingerprint density at radius 2 is 1.88 bits per heavy atom. The van der Waals surface area contributed by atoms with E-state index in [4.69, 9.17) is 4.74 Å². The molecule has 0 atom stereocenters. The number of ether oxygens (including phenoxy) is 1. The number of benzene rings is 1. The Morgan fingerprint density at radius 1 is 1.19 bits per heavy atom. The van der Waals surface area contributed by atoms with Crippen molar-refractivity contribution in [3.05, 3.63) is 30.3 Å². The molecule has 3 rings (SSSR count). The second kappa shape index (κ2) is 8.08. The Labute approximate surface area is 155 Å². The van der Waals surface area contributed by atoms with Crippen LogP contribution in [0.1, 0.15) is 26.7 Å². The number of carbonyl (C=O) groups excluding carboxylic acids is 2. The molecule has 2 fully saturated rings. The summed E-state index contributed by atoms with van der Waals surface area (Å²) < 4.78 is 5.57. The fourth-order valence-corrected chi connectivity index (χ4v) is 3.96. The minimum absolute atomic E-state index is 0.0182. The van der Waals surface area contributed by atoms with E-state index in [2.05, 4.69) is 24.1 Å². The van der Waals surface area contributed by atoms with E-state index >= 15 is 0 Å². The first-order valence-corrected chi connectivity index (χ1v) is 9.50. The van der Waals surface area contributed by atoms with Gasteiger partial charge < -0.3 is 15.0 Å². The van der Waals surface area contributed by atoms with Gasteiger partial charge >= 0.3 is 0 Å². The Balaban J connectivity index is 1.58. The van der Waals surface area contributed by atoms with Crippen LogP contribution in [0.5, 0.6) is 5.75 Å². The molecule has 0 radical (unpaired) electrons. The number of hydrogen-bond donors (Lipinski definition) is 1. The van der Waals surface area contributed by atoms with E-state index in [0.717, 1.165) is 13.1 Å². The molecule has 1 aromatic carbocycles. The number of hydrogen-bond acceptors (Lipinski definition) is 4. The van der Waals surface area contributed by atoms with E-state index in [1.807, 2.05) is 35.2 Å². The summed E-state index contributed by atoms with van der Waals surface area (Å²) in [6.07, 6.45) is 1.37. The van der Waals surface area contributed by atoms with Crippen LogP contribution >= 0.6 is 0 Å². The number of nitrogens with one attached hydrogen (secondary N) is 1. The highest BCUT2D eigenvalue weighted by molar-refractivity contribution is 5.87. The highest BCUT2D eigenvalue weighted by Crippen LogP contribution is 2.32. The van der Waals surface area contributed by atoms with E-state index in [1.54, 1.807) is 0 Å². The average molecular weight is 359 g/mol. The fraction of sp³-hybridized carbons (Fsp3) is 0.600. The van der Waals surface area contributed by atoms with Crippen molar-refractivity contribution in [3.8, 4) is 5.75 Å². The van der Waals surface area contributed by atoms with Crippen LogP contribution in [0.25, 0.3) is 0 Å². The van der Waals surface area contributed by atoms with Crippen molar-refractivity contribution in [1.82, 2.24) is 15.1 Å². The molecule has 2 aliphatic rings. The van der Waals surface area contributed by atoms with E-state index < -0.39 is 5.54 Å². The number of carbonyl (C=O) groups is 2. The van der Waals surface area contributed by atoms with Crippen molar-refractivity contribution >= 4 is 11.8 Å². The predicted octanol–water partition coefficient (Wildman–Crippen LogP) is 1.51. The number of amides is 2. The van der Waals surface area contributed by atoms with Gasteiger partial charge in [-0.25, -0.2) is 0 Å². The van der Waals surface area contributed by atoms with Crippen LogP contribution in [0, 0.1) is 5.92 Å². The summed E-state index contributed by atoms with van der Waals surface area (Å²) in [5, 5.41) is 3.03. The lowest BCUT2D eigenvalue weighted by Gasteiger charge is -2.50. The smallest absolute Gasteiger partial charge is 0.260 e. The molecule has 26 heavy (non-hydrogen) atoms. The fourth-order valence-electron chi connectivity index (χ4n) is 3.96. The monoisotopic (exact) mass is 359 g/mol. The molecule has 0 aliphatic carbocycles. The summed E-state index contributed by atoms with van der Waals surface area (Å²) >= 11 is 0. The van der Waals surface area contributed by atoms with Crippen LogP contribution in [-0.2, 0) is 9.59 Å². The number of nitrogens with zero attached hydrogens (tertiary/aromatic N) is 2. The third-order valence-corrected chi connectivity index (χ3v) is 5.33. The standard InChI is InChI=1S/C20H29N3O3/c1-16(2)14-23-13-10-21-19(25)20(23)8-11-22(12-9-20)18(24)15-26-17-6-4-3-5-7-17/h3-7,16H,8-15H2,1-2H3,(H,21,25). The van der Waals surface area contributed by atoms with Gasteiger partial charge in [-0.2, -0.15) is 0 Å². The lowest BCUT2D eigenvalue weighted by atomic mass is 9.82. The molecule has 1 N–H and O–H groups in total. The van der Waals surface area contributed by atoms with Crippen molar-refractivity contribution < 1.29 is 14.3 Å². The zero-order valence-corrected chi connectivity index (χ0v) is 15.7. The van der Waals surface area contributed by atoms with Gasteiger partial charge in [0.05, 0.1) is 0 Å². The first-order chi connectivity index (χ1) is 12.5. The highest BCUT2D eigenvalue weighted by Gasteiger charge is 2.48. The van der Waals surface area contributed by atoms with Crippen molar-refractivity contribution in [3.63, 3.8) is 0 Å². The maximum atomic E-state index is 12.7. The largest absolute Gasteiger partial charge is 0.484 e. The Morgan fingerprint density at radius 3 is 2.54 bits per heavy atom. The minimum atomic E-state index is -0.459. The van der Waals surface area contributed by atoms with Crippen molar-refractivity contribution in [2.75, 3.05) is 39.3 Å². The van der Waals surface area contributed by atoms with E-state index in [9.17, 15) is 9.59 Å². The van der Waals surface area contributed by atoms with E-state index in [0.29, 0.717) is 44.1 Å². The van der Waals surface area contributed by atoms with Crippen molar-refractivity contribution in [2.45, 2.75) is 32.2 Å². The van der Waals surface area contributed by atoms with Crippen LogP contribution in [0.3, 0.4) is 0 Å². The molecule has 2 saturated heterocycles. The average Bonchev–Trinajstić information content (AvgIpc) is 2.65. The summed E-state index contributed by atoms with van der Waals surface area (Å²) in [7, 11) is 0. The van der Waals surface area contributed by atoms with Gasteiger partial charge in [0, 0.05) is 32.7 Å². The lowest BCUT2D eigenvalue weighted by Crippen LogP contribution is -2.68. The normalized spacial score (nSPS) is 20.3. The first kappa shape index (κ1) is 18.7. The Hall–Kier alpha value is -2.08. The van der Waals surface area contributed by atoms with Gasteiger partial charge in [-0.1, -0.05) is 32.0 Å². The van der Waals surface area contributed by atoms with Gasteiger partial charge in [0.15, 0.2) is 6.61 Å². The quantitative estimate of drug-likeness (QED) is 0.866. The van der Waals surface area contributed by atoms with Crippen molar-refractivity contribution in [2.24, 2.45) is 5.92 Å². The summed E-state index contributed by atoms with van der Waals surface area (Å²) in [6.45, 7) is 8.10. The third-order valence-electron chi connectivity index (χ3n) is 5.33. The topological polar surface area (TPSA) is 61.9 Å². The number of piperazine rings is 1. The molecule has 0 saturated carbocycles.